The Balaban J connectivity index is 4.20. The molecule has 0 aliphatic rings. The predicted molar refractivity (Wildman–Crippen MR) is 58.0 cm³/mol. The molecule has 84 valence electrons. The lowest BCUT2D eigenvalue weighted by atomic mass is 9.90. The summed E-state index contributed by atoms with van der Waals surface area (Å²) in [5.41, 5.74) is -1.15. The van der Waals surface area contributed by atoms with Gasteiger partial charge in [-0.1, -0.05) is 13.8 Å². The Morgan fingerprint density at radius 2 is 1.71 bits per heavy atom. The lowest BCUT2D eigenvalue weighted by molar-refractivity contribution is -0.127. The standard InChI is InChI=1S/C11H23NO2/c1-8(2)11(5,6)12-9(13)7-10(3,4)14/h8,14H,7H2,1-6H3,(H,12,13). The molecule has 0 saturated carbocycles. The molecule has 3 heteroatoms. The van der Waals surface area contributed by atoms with Crippen LogP contribution in [-0.2, 0) is 4.79 Å². The SMILES string of the molecule is CC(C)C(C)(C)NC(=O)CC(C)(C)O. The third kappa shape index (κ3) is 5.22. The largest absolute Gasteiger partial charge is 0.390 e. The van der Waals surface area contributed by atoms with Gasteiger partial charge in [-0.25, -0.2) is 0 Å². The Hall–Kier alpha value is -0.570. The van der Waals surface area contributed by atoms with Gasteiger partial charge in [-0.2, -0.15) is 0 Å². The molecule has 0 heterocycles. The van der Waals surface area contributed by atoms with Crippen LogP contribution < -0.4 is 5.32 Å². The molecular weight excluding hydrogens is 178 g/mol. The maximum absolute atomic E-state index is 11.5. The van der Waals surface area contributed by atoms with E-state index in [1.807, 2.05) is 13.8 Å². The summed E-state index contributed by atoms with van der Waals surface area (Å²) in [6.07, 6.45) is 0.142. The number of hydrogen-bond donors (Lipinski definition) is 2. The normalized spacial score (nSPS) is 13.1. The van der Waals surface area contributed by atoms with Gasteiger partial charge in [-0.3, -0.25) is 4.79 Å². The highest BCUT2D eigenvalue weighted by Gasteiger charge is 2.26. The molecule has 2 N–H and O–H groups in total. The van der Waals surface area contributed by atoms with Crippen LogP contribution in [0.5, 0.6) is 0 Å². The van der Waals surface area contributed by atoms with E-state index in [0.717, 1.165) is 0 Å². The molecule has 0 bridgehead atoms. The second kappa shape index (κ2) is 4.30. The highest BCUT2D eigenvalue weighted by Crippen LogP contribution is 2.16. The van der Waals surface area contributed by atoms with E-state index in [4.69, 9.17) is 0 Å². The summed E-state index contributed by atoms with van der Waals surface area (Å²) >= 11 is 0. The van der Waals surface area contributed by atoms with Crippen LogP contribution in [0.3, 0.4) is 0 Å². The van der Waals surface area contributed by atoms with Gasteiger partial charge in [-0.05, 0) is 33.6 Å². The summed E-state index contributed by atoms with van der Waals surface area (Å²) in [6, 6.07) is 0. The topological polar surface area (TPSA) is 49.3 Å². The van der Waals surface area contributed by atoms with Gasteiger partial charge in [0.15, 0.2) is 0 Å². The van der Waals surface area contributed by atoms with Crippen LogP contribution >= 0.6 is 0 Å². The van der Waals surface area contributed by atoms with Gasteiger partial charge < -0.3 is 10.4 Å². The van der Waals surface area contributed by atoms with E-state index in [9.17, 15) is 9.90 Å². The highest BCUT2D eigenvalue weighted by atomic mass is 16.3. The molecule has 0 aliphatic carbocycles. The van der Waals surface area contributed by atoms with E-state index in [1.165, 1.54) is 0 Å². The number of rotatable bonds is 4. The number of carbonyl (C=O) groups excluding carboxylic acids is 1. The van der Waals surface area contributed by atoms with Crippen molar-refractivity contribution in [2.75, 3.05) is 0 Å². The van der Waals surface area contributed by atoms with Gasteiger partial charge in [0, 0.05) is 5.54 Å². The molecule has 14 heavy (non-hydrogen) atoms. The third-order valence-electron chi connectivity index (χ3n) is 2.50. The second-order valence-electron chi connectivity index (χ2n) is 5.41. The van der Waals surface area contributed by atoms with Crippen LogP contribution in [0.4, 0.5) is 0 Å². The molecule has 0 aromatic heterocycles. The van der Waals surface area contributed by atoms with Crippen molar-refractivity contribution in [2.45, 2.75) is 59.1 Å². The Labute approximate surface area is 86.9 Å². The minimum Gasteiger partial charge on any atom is -0.390 e. The van der Waals surface area contributed by atoms with E-state index in [2.05, 4.69) is 19.2 Å². The Morgan fingerprint density at radius 3 is 2.00 bits per heavy atom. The van der Waals surface area contributed by atoms with Gasteiger partial charge in [0.05, 0.1) is 12.0 Å². The lowest BCUT2D eigenvalue weighted by Crippen LogP contribution is -2.48. The smallest absolute Gasteiger partial charge is 0.223 e. The summed E-state index contributed by atoms with van der Waals surface area (Å²) in [6.45, 7) is 11.4. The predicted octanol–water partition coefficient (Wildman–Crippen LogP) is 1.70. The van der Waals surface area contributed by atoms with E-state index >= 15 is 0 Å². The van der Waals surface area contributed by atoms with Crippen LogP contribution in [0.2, 0.25) is 0 Å². The molecule has 0 fully saturated rings. The second-order valence-corrected chi connectivity index (χ2v) is 5.41. The zero-order valence-corrected chi connectivity index (χ0v) is 10.1. The van der Waals surface area contributed by atoms with Gasteiger partial charge in [0.1, 0.15) is 0 Å². The molecule has 0 radical (unpaired) electrons. The number of nitrogens with one attached hydrogen (secondary N) is 1. The van der Waals surface area contributed by atoms with Crippen molar-refractivity contribution in [3.05, 3.63) is 0 Å². The van der Waals surface area contributed by atoms with Crippen molar-refractivity contribution >= 4 is 5.91 Å². The molecular formula is C11H23NO2. The van der Waals surface area contributed by atoms with Crippen LogP contribution in [0.1, 0.15) is 48.0 Å². The Morgan fingerprint density at radius 1 is 1.29 bits per heavy atom. The first-order valence-corrected chi connectivity index (χ1v) is 5.08. The molecule has 0 aliphatic heterocycles. The summed E-state index contributed by atoms with van der Waals surface area (Å²) in [5.74, 6) is 0.268. The van der Waals surface area contributed by atoms with Gasteiger partial charge in [0.25, 0.3) is 0 Å². The summed E-state index contributed by atoms with van der Waals surface area (Å²) in [4.78, 5) is 11.5. The quantitative estimate of drug-likeness (QED) is 0.727. The number of hydrogen-bond acceptors (Lipinski definition) is 2. The first-order valence-electron chi connectivity index (χ1n) is 5.08. The molecule has 0 rings (SSSR count). The Bertz CT molecular complexity index is 202. The zero-order valence-electron chi connectivity index (χ0n) is 10.1. The average Bonchev–Trinajstić information content (AvgIpc) is 1.79. The fourth-order valence-electron chi connectivity index (χ4n) is 0.941. The number of amides is 1. The summed E-state index contributed by atoms with van der Waals surface area (Å²) in [5, 5.41) is 12.4. The van der Waals surface area contributed by atoms with E-state index < -0.39 is 5.60 Å². The number of aliphatic hydroxyl groups is 1. The molecule has 0 atom stereocenters. The van der Waals surface area contributed by atoms with Crippen molar-refractivity contribution in [3.8, 4) is 0 Å². The molecule has 0 saturated heterocycles. The molecule has 0 spiro atoms. The van der Waals surface area contributed by atoms with Crippen molar-refractivity contribution in [1.29, 1.82) is 0 Å². The van der Waals surface area contributed by atoms with Crippen molar-refractivity contribution < 1.29 is 9.90 Å². The summed E-state index contributed by atoms with van der Waals surface area (Å²) in [7, 11) is 0. The maximum atomic E-state index is 11.5. The fourth-order valence-corrected chi connectivity index (χ4v) is 0.941. The molecule has 0 aromatic carbocycles. The summed E-state index contributed by atoms with van der Waals surface area (Å²) < 4.78 is 0. The first-order chi connectivity index (χ1) is 6.04. The monoisotopic (exact) mass is 201 g/mol. The van der Waals surface area contributed by atoms with Crippen molar-refractivity contribution in [3.63, 3.8) is 0 Å². The fraction of sp³-hybridized carbons (Fsp3) is 0.909. The van der Waals surface area contributed by atoms with Crippen molar-refractivity contribution in [2.24, 2.45) is 5.92 Å². The minimum atomic E-state index is -0.933. The van der Waals surface area contributed by atoms with Gasteiger partial charge >= 0.3 is 0 Å². The number of carbonyl (C=O) groups is 1. The van der Waals surface area contributed by atoms with Crippen LogP contribution in [0.25, 0.3) is 0 Å². The van der Waals surface area contributed by atoms with E-state index in [0.29, 0.717) is 5.92 Å². The Kier molecular flexibility index (Phi) is 4.13. The molecule has 1 amide bonds. The zero-order chi connectivity index (χ0) is 11.6. The van der Waals surface area contributed by atoms with Crippen molar-refractivity contribution in [1.82, 2.24) is 5.32 Å². The van der Waals surface area contributed by atoms with Crippen LogP contribution in [-0.4, -0.2) is 22.2 Å². The molecule has 0 aromatic rings. The van der Waals surface area contributed by atoms with E-state index in [1.54, 1.807) is 13.8 Å². The average molecular weight is 201 g/mol. The lowest BCUT2D eigenvalue weighted by Gasteiger charge is -2.31. The van der Waals surface area contributed by atoms with Gasteiger partial charge in [0.2, 0.25) is 5.91 Å². The maximum Gasteiger partial charge on any atom is 0.223 e. The first kappa shape index (κ1) is 13.4. The molecule has 0 unspecified atom stereocenters. The van der Waals surface area contributed by atoms with Crippen LogP contribution in [0, 0.1) is 5.92 Å². The highest BCUT2D eigenvalue weighted by molar-refractivity contribution is 5.77. The van der Waals surface area contributed by atoms with Gasteiger partial charge in [-0.15, -0.1) is 0 Å². The van der Waals surface area contributed by atoms with E-state index in [-0.39, 0.29) is 17.9 Å². The molecule has 3 nitrogen and oxygen atoms in total. The third-order valence-corrected chi connectivity index (χ3v) is 2.50. The minimum absolute atomic E-state index is 0.101. The van der Waals surface area contributed by atoms with Crippen LogP contribution in [0.15, 0.2) is 0 Å².